The summed E-state index contributed by atoms with van der Waals surface area (Å²) in [6.07, 6.45) is 1.37. The lowest BCUT2D eigenvalue weighted by atomic mass is 10.3. The maximum absolute atomic E-state index is 11.4. The number of rotatable bonds is 7. The minimum absolute atomic E-state index is 0.112. The molecule has 0 saturated heterocycles. The van der Waals surface area contributed by atoms with E-state index in [4.69, 9.17) is 5.11 Å². The highest BCUT2D eigenvalue weighted by Gasteiger charge is 2.48. The predicted octanol–water partition coefficient (Wildman–Crippen LogP) is -0.177. The normalized spacial score (nSPS) is 23.5. The lowest BCUT2D eigenvalue weighted by Gasteiger charge is -2.04. The zero-order valence-corrected chi connectivity index (χ0v) is 8.95. The third kappa shape index (κ3) is 3.87. The molecule has 0 bridgehead atoms. The largest absolute Gasteiger partial charge is 0.481 e. The van der Waals surface area contributed by atoms with Crippen LogP contribution >= 0.6 is 0 Å². The van der Waals surface area contributed by atoms with Crippen LogP contribution in [0.25, 0.3) is 0 Å². The van der Waals surface area contributed by atoms with Crippen molar-refractivity contribution in [3.05, 3.63) is 0 Å². The van der Waals surface area contributed by atoms with E-state index in [9.17, 15) is 9.59 Å². The highest BCUT2D eigenvalue weighted by molar-refractivity contribution is 5.89. The van der Waals surface area contributed by atoms with Crippen molar-refractivity contribution in [2.75, 3.05) is 19.6 Å². The van der Waals surface area contributed by atoms with Crippen molar-refractivity contribution in [2.45, 2.75) is 19.8 Å². The molecule has 1 fully saturated rings. The summed E-state index contributed by atoms with van der Waals surface area (Å²) < 4.78 is 0. The Balaban J connectivity index is 2.03. The fraction of sp³-hybridized carbons (Fsp3) is 0.800. The first kappa shape index (κ1) is 12.0. The van der Waals surface area contributed by atoms with E-state index < -0.39 is 11.9 Å². The summed E-state index contributed by atoms with van der Waals surface area (Å²) in [5, 5.41) is 14.5. The zero-order valence-electron chi connectivity index (χ0n) is 8.95. The smallest absolute Gasteiger partial charge is 0.307 e. The summed E-state index contributed by atoms with van der Waals surface area (Å²) in [6.45, 7) is 4.45. The molecule has 3 N–H and O–H groups in total. The molecule has 0 aromatic carbocycles. The molecule has 2 atom stereocenters. The Morgan fingerprint density at radius 1 is 1.33 bits per heavy atom. The zero-order chi connectivity index (χ0) is 11.3. The monoisotopic (exact) mass is 214 g/mol. The number of carboxylic acid groups (broad SMARTS) is 1. The van der Waals surface area contributed by atoms with Crippen LogP contribution in [-0.4, -0.2) is 36.6 Å². The minimum Gasteiger partial charge on any atom is -0.481 e. The predicted molar refractivity (Wildman–Crippen MR) is 55.4 cm³/mol. The van der Waals surface area contributed by atoms with Crippen LogP contribution in [-0.2, 0) is 9.59 Å². The molecule has 5 heteroatoms. The number of amides is 1. The van der Waals surface area contributed by atoms with Crippen molar-refractivity contribution in [1.82, 2.24) is 10.6 Å². The molecule has 1 amide bonds. The number of aliphatic carboxylic acids is 1. The molecule has 0 aliphatic heterocycles. The molecule has 0 aromatic rings. The Labute approximate surface area is 89.2 Å². The summed E-state index contributed by atoms with van der Waals surface area (Å²) in [5.74, 6) is -1.71. The first-order chi connectivity index (χ1) is 7.16. The van der Waals surface area contributed by atoms with Gasteiger partial charge in [0.05, 0.1) is 11.8 Å². The summed E-state index contributed by atoms with van der Waals surface area (Å²) in [7, 11) is 0. The van der Waals surface area contributed by atoms with E-state index in [-0.39, 0.29) is 11.8 Å². The molecule has 86 valence electrons. The van der Waals surface area contributed by atoms with E-state index in [0.717, 1.165) is 19.5 Å². The number of hydrogen-bond acceptors (Lipinski definition) is 3. The molecule has 1 saturated carbocycles. The SMILES string of the molecule is CCNCCCNC(=O)C1CC1C(=O)O. The van der Waals surface area contributed by atoms with Gasteiger partial charge in [0.15, 0.2) is 0 Å². The maximum Gasteiger partial charge on any atom is 0.307 e. The van der Waals surface area contributed by atoms with Gasteiger partial charge in [-0.3, -0.25) is 9.59 Å². The highest BCUT2D eigenvalue weighted by atomic mass is 16.4. The van der Waals surface area contributed by atoms with Crippen molar-refractivity contribution in [2.24, 2.45) is 11.8 Å². The van der Waals surface area contributed by atoms with Gasteiger partial charge in [-0.15, -0.1) is 0 Å². The topological polar surface area (TPSA) is 78.4 Å². The summed E-state index contributed by atoms with van der Waals surface area (Å²) in [5.41, 5.74) is 0. The number of hydrogen-bond donors (Lipinski definition) is 3. The molecule has 0 heterocycles. The van der Waals surface area contributed by atoms with Crippen LogP contribution in [0.3, 0.4) is 0 Å². The van der Waals surface area contributed by atoms with Crippen molar-refractivity contribution in [1.29, 1.82) is 0 Å². The standard InChI is InChI=1S/C10H18N2O3/c1-2-11-4-3-5-12-9(13)7-6-8(7)10(14)15/h7-8,11H,2-6H2,1H3,(H,12,13)(H,14,15). The molecule has 2 unspecified atom stereocenters. The van der Waals surface area contributed by atoms with Crippen LogP contribution in [0.1, 0.15) is 19.8 Å². The first-order valence-corrected chi connectivity index (χ1v) is 5.38. The fourth-order valence-corrected chi connectivity index (χ4v) is 1.49. The van der Waals surface area contributed by atoms with Gasteiger partial charge in [0.1, 0.15) is 0 Å². The number of carbonyl (C=O) groups excluding carboxylic acids is 1. The van der Waals surface area contributed by atoms with E-state index in [2.05, 4.69) is 10.6 Å². The number of carboxylic acids is 1. The summed E-state index contributed by atoms with van der Waals surface area (Å²) in [6, 6.07) is 0. The summed E-state index contributed by atoms with van der Waals surface area (Å²) >= 11 is 0. The fourth-order valence-electron chi connectivity index (χ4n) is 1.49. The second-order valence-electron chi connectivity index (χ2n) is 3.79. The Morgan fingerprint density at radius 3 is 2.60 bits per heavy atom. The minimum atomic E-state index is -0.859. The van der Waals surface area contributed by atoms with Gasteiger partial charge in [-0.2, -0.15) is 0 Å². The number of carbonyl (C=O) groups is 2. The lowest BCUT2D eigenvalue weighted by Crippen LogP contribution is -2.29. The van der Waals surface area contributed by atoms with Crippen molar-refractivity contribution in [3.8, 4) is 0 Å². The Morgan fingerprint density at radius 2 is 2.07 bits per heavy atom. The maximum atomic E-state index is 11.4. The molecule has 0 radical (unpaired) electrons. The van der Waals surface area contributed by atoms with E-state index in [1.165, 1.54) is 0 Å². The van der Waals surface area contributed by atoms with Crippen molar-refractivity contribution in [3.63, 3.8) is 0 Å². The van der Waals surface area contributed by atoms with E-state index in [1.807, 2.05) is 6.92 Å². The van der Waals surface area contributed by atoms with Gasteiger partial charge in [0.25, 0.3) is 0 Å². The second-order valence-corrected chi connectivity index (χ2v) is 3.79. The Bertz CT molecular complexity index is 243. The van der Waals surface area contributed by atoms with Crippen LogP contribution in [0.15, 0.2) is 0 Å². The van der Waals surface area contributed by atoms with Gasteiger partial charge in [-0.05, 0) is 25.9 Å². The molecule has 0 aromatic heterocycles. The van der Waals surface area contributed by atoms with Gasteiger partial charge in [-0.25, -0.2) is 0 Å². The quantitative estimate of drug-likeness (QED) is 0.514. The van der Waals surface area contributed by atoms with E-state index in [0.29, 0.717) is 13.0 Å². The van der Waals surface area contributed by atoms with Crippen molar-refractivity contribution < 1.29 is 14.7 Å². The number of nitrogens with one attached hydrogen (secondary N) is 2. The molecule has 1 aliphatic rings. The average Bonchev–Trinajstić information content (AvgIpc) is 2.96. The molecule has 1 rings (SSSR count). The van der Waals surface area contributed by atoms with Gasteiger partial charge in [0.2, 0.25) is 5.91 Å². The molecular formula is C10H18N2O3. The van der Waals surface area contributed by atoms with Crippen LogP contribution in [0.4, 0.5) is 0 Å². The van der Waals surface area contributed by atoms with Crippen LogP contribution in [0, 0.1) is 11.8 Å². The van der Waals surface area contributed by atoms with Gasteiger partial charge in [-0.1, -0.05) is 6.92 Å². The third-order valence-corrected chi connectivity index (χ3v) is 2.52. The Hall–Kier alpha value is -1.10. The van der Waals surface area contributed by atoms with Gasteiger partial charge in [0, 0.05) is 6.54 Å². The van der Waals surface area contributed by atoms with Crippen molar-refractivity contribution >= 4 is 11.9 Å². The molecule has 1 aliphatic carbocycles. The highest BCUT2D eigenvalue weighted by Crippen LogP contribution is 2.38. The molecule has 5 nitrogen and oxygen atoms in total. The lowest BCUT2D eigenvalue weighted by molar-refractivity contribution is -0.140. The van der Waals surface area contributed by atoms with Gasteiger partial charge >= 0.3 is 5.97 Å². The Kier molecular flexibility index (Phi) is 4.55. The van der Waals surface area contributed by atoms with E-state index >= 15 is 0 Å². The van der Waals surface area contributed by atoms with Gasteiger partial charge < -0.3 is 15.7 Å². The summed E-state index contributed by atoms with van der Waals surface area (Å²) in [4.78, 5) is 21.9. The van der Waals surface area contributed by atoms with E-state index in [1.54, 1.807) is 0 Å². The second kappa shape index (κ2) is 5.70. The third-order valence-electron chi connectivity index (χ3n) is 2.52. The van der Waals surface area contributed by atoms with Crippen LogP contribution in [0.2, 0.25) is 0 Å². The molecular weight excluding hydrogens is 196 g/mol. The van der Waals surface area contributed by atoms with Crippen LogP contribution < -0.4 is 10.6 Å². The van der Waals surface area contributed by atoms with Crippen LogP contribution in [0.5, 0.6) is 0 Å². The molecule has 0 spiro atoms. The average molecular weight is 214 g/mol. The molecule has 15 heavy (non-hydrogen) atoms. The first-order valence-electron chi connectivity index (χ1n) is 5.38.